The van der Waals surface area contributed by atoms with E-state index in [2.05, 4.69) is 15.6 Å². The topological polar surface area (TPSA) is 80.0 Å². The number of carboxylic acids is 1. The van der Waals surface area contributed by atoms with Gasteiger partial charge in [-0.05, 0) is 31.2 Å². The standard InChI is InChI=1S/C13H14Cl2N4O2/c14-9-3-4-12(11(15)6-9)19-8-10(17-18-19)7-16-5-1-2-13(20)21/h3-4,6,8,16H,1-2,5,7H2,(H,20,21). The number of aliphatic carboxylic acids is 1. The minimum Gasteiger partial charge on any atom is -0.481 e. The summed E-state index contributed by atoms with van der Waals surface area (Å²) in [5.41, 5.74) is 1.45. The van der Waals surface area contributed by atoms with Crippen LogP contribution >= 0.6 is 23.2 Å². The molecule has 0 radical (unpaired) electrons. The maximum absolute atomic E-state index is 10.4. The molecular weight excluding hydrogens is 315 g/mol. The number of rotatable bonds is 7. The van der Waals surface area contributed by atoms with Crippen molar-refractivity contribution in [3.8, 4) is 5.69 Å². The molecule has 2 rings (SSSR count). The molecule has 2 N–H and O–H groups in total. The van der Waals surface area contributed by atoms with Crippen molar-refractivity contribution in [3.05, 3.63) is 40.1 Å². The molecule has 0 aliphatic heterocycles. The fourth-order valence-corrected chi connectivity index (χ4v) is 2.24. The number of nitrogens with zero attached hydrogens (tertiary/aromatic N) is 3. The van der Waals surface area contributed by atoms with E-state index in [0.29, 0.717) is 35.2 Å². The lowest BCUT2D eigenvalue weighted by molar-refractivity contribution is -0.137. The number of hydrogen-bond acceptors (Lipinski definition) is 4. The number of aromatic nitrogens is 3. The zero-order valence-corrected chi connectivity index (χ0v) is 12.6. The molecule has 2 aromatic rings. The number of carbonyl (C=O) groups is 1. The van der Waals surface area contributed by atoms with Gasteiger partial charge in [-0.15, -0.1) is 5.10 Å². The van der Waals surface area contributed by atoms with E-state index >= 15 is 0 Å². The maximum Gasteiger partial charge on any atom is 0.303 e. The first-order valence-electron chi connectivity index (χ1n) is 6.35. The molecule has 21 heavy (non-hydrogen) atoms. The summed E-state index contributed by atoms with van der Waals surface area (Å²) in [4.78, 5) is 10.4. The molecule has 0 aliphatic carbocycles. The fourth-order valence-electron chi connectivity index (χ4n) is 1.75. The van der Waals surface area contributed by atoms with Crippen molar-refractivity contribution in [3.63, 3.8) is 0 Å². The Bertz CT molecular complexity index is 630. The van der Waals surface area contributed by atoms with Gasteiger partial charge in [0.1, 0.15) is 0 Å². The van der Waals surface area contributed by atoms with Crippen molar-refractivity contribution < 1.29 is 9.90 Å². The average Bonchev–Trinajstić information content (AvgIpc) is 2.86. The minimum absolute atomic E-state index is 0.153. The van der Waals surface area contributed by atoms with Crippen LogP contribution in [-0.4, -0.2) is 32.6 Å². The van der Waals surface area contributed by atoms with Gasteiger partial charge in [0, 0.05) is 18.0 Å². The fraction of sp³-hybridized carbons (Fsp3) is 0.308. The van der Waals surface area contributed by atoms with Crippen LogP contribution in [0.4, 0.5) is 0 Å². The molecule has 0 amide bonds. The van der Waals surface area contributed by atoms with E-state index in [-0.39, 0.29) is 6.42 Å². The first-order valence-corrected chi connectivity index (χ1v) is 7.11. The van der Waals surface area contributed by atoms with Crippen LogP contribution in [0.15, 0.2) is 24.4 Å². The normalized spacial score (nSPS) is 10.8. The SMILES string of the molecule is O=C(O)CCCNCc1cn(-c2ccc(Cl)cc2Cl)nn1. The summed E-state index contributed by atoms with van der Waals surface area (Å²) in [6.45, 7) is 1.13. The van der Waals surface area contributed by atoms with E-state index in [9.17, 15) is 4.79 Å². The van der Waals surface area contributed by atoms with Crippen molar-refractivity contribution in [2.24, 2.45) is 0 Å². The highest BCUT2D eigenvalue weighted by molar-refractivity contribution is 6.35. The van der Waals surface area contributed by atoms with Crippen LogP contribution in [0.1, 0.15) is 18.5 Å². The molecule has 6 nitrogen and oxygen atoms in total. The van der Waals surface area contributed by atoms with Gasteiger partial charge in [0.25, 0.3) is 0 Å². The van der Waals surface area contributed by atoms with Crippen LogP contribution in [-0.2, 0) is 11.3 Å². The van der Waals surface area contributed by atoms with Gasteiger partial charge in [-0.2, -0.15) is 0 Å². The summed E-state index contributed by atoms with van der Waals surface area (Å²) in [6.07, 6.45) is 2.49. The van der Waals surface area contributed by atoms with E-state index in [4.69, 9.17) is 28.3 Å². The molecule has 112 valence electrons. The summed E-state index contributed by atoms with van der Waals surface area (Å²) < 4.78 is 1.58. The Morgan fingerprint density at radius 2 is 2.19 bits per heavy atom. The van der Waals surface area contributed by atoms with Crippen LogP contribution in [0, 0.1) is 0 Å². The molecule has 0 aliphatic rings. The highest BCUT2D eigenvalue weighted by Crippen LogP contribution is 2.23. The molecule has 0 spiro atoms. The Kier molecular flexibility index (Phi) is 5.55. The molecule has 0 atom stereocenters. The van der Waals surface area contributed by atoms with Gasteiger partial charge in [-0.3, -0.25) is 4.79 Å². The summed E-state index contributed by atoms with van der Waals surface area (Å²) in [7, 11) is 0. The third-order valence-corrected chi connectivity index (χ3v) is 3.29. The van der Waals surface area contributed by atoms with E-state index < -0.39 is 5.97 Å². The second kappa shape index (κ2) is 7.40. The van der Waals surface area contributed by atoms with Crippen LogP contribution < -0.4 is 5.32 Å². The third-order valence-electron chi connectivity index (χ3n) is 2.75. The number of nitrogens with one attached hydrogen (secondary N) is 1. The van der Waals surface area contributed by atoms with Gasteiger partial charge in [0.05, 0.1) is 22.6 Å². The first kappa shape index (κ1) is 15.8. The smallest absolute Gasteiger partial charge is 0.303 e. The summed E-state index contributed by atoms with van der Waals surface area (Å²) in [6, 6.07) is 5.14. The predicted molar refractivity (Wildman–Crippen MR) is 80.0 cm³/mol. The first-order chi connectivity index (χ1) is 10.1. The van der Waals surface area contributed by atoms with Crippen molar-refractivity contribution in [1.29, 1.82) is 0 Å². The molecule has 1 aromatic carbocycles. The molecule has 1 heterocycles. The summed E-state index contributed by atoms with van der Waals surface area (Å²) in [5, 5.41) is 20.7. The van der Waals surface area contributed by atoms with Gasteiger partial charge >= 0.3 is 5.97 Å². The number of halogens is 2. The van der Waals surface area contributed by atoms with Crippen LogP contribution in [0.2, 0.25) is 10.0 Å². The van der Waals surface area contributed by atoms with E-state index in [1.807, 2.05) is 0 Å². The number of benzene rings is 1. The Labute approximate surface area is 131 Å². The van der Waals surface area contributed by atoms with Crippen molar-refractivity contribution in [2.75, 3.05) is 6.54 Å². The van der Waals surface area contributed by atoms with Crippen molar-refractivity contribution in [2.45, 2.75) is 19.4 Å². The van der Waals surface area contributed by atoms with Gasteiger partial charge in [-0.25, -0.2) is 4.68 Å². The zero-order chi connectivity index (χ0) is 15.2. The lowest BCUT2D eigenvalue weighted by atomic mass is 10.3. The second-order valence-electron chi connectivity index (χ2n) is 4.42. The Hall–Kier alpha value is -1.63. The molecule has 0 saturated heterocycles. The molecule has 1 aromatic heterocycles. The summed E-state index contributed by atoms with van der Waals surface area (Å²) in [5.74, 6) is -0.792. The lowest BCUT2D eigenvalue weighted by Gasteiger charge is -2.03. The van der Waals surface area contributed by atoms with Gasteiger partial charge < -0.3 is 10.4 Å². The van der Waals surface area contributed by atoms with E-state index in [1.165, 1.54) is 0 Å². The molecule has 0 saturated carbocycles. The highest BCUT2D eigenvalue weighted by atomic mass is 35.5. The largest absolute Gasteiger partial charge is 0.481 e. The zero-order valence-electron chi connectivity index (χ0n) is 11.1. The quantitative estimate of drug-likeness (QED) is 0.763. The molecule has 0 fully saturated rings. The lowest BCUT2D eigenvalue weighted by Crippen LogP contribution is -2.16. The highest BCUT2D eigenvalue weighted by Gasteiger charge is 2.07. The Morgan fingerprint density at radius 3 is 2.90 bits per heavy atom. The molecule has 0 unspecified atom stereocenters. The predicted octanol–water partition coefficient (Wildman–Crippen LogP) is 2.53. The molecule has 8 heteroatoms. The average molecular weight is 329 g/mol. The third kappa shape index (κ3) is 4.70. The van der Waals surface area contributed by atoms with Gasteiger partial charge in [-0.1, -0.05) is 28.4 Å². The molecule has 0 bridgehead atoms. The number of carboxylic acid groups (broad SMARTS) is 1. The van der Waals surface area contributed by atoms with Gasteiger partial charge in [0.2, 0.25) is 0 Å². The minimum atomic E-state index is -0.792. The van der Waals surface area contributed by atoms with Crippen molar-refractivity contribution in [1.82, 2.24) is 20.3 Å². The monoisotopic (exact) mass is 328 g/mol. The Balaban J connectivity index is 1.91. The second-order valence-corrected chi connectivity index (χ2v) is 5.27. The maximum atomic E-state index is 10.4. The van der Waals surface area contributed by atoms with Crippen LogP contribution in [0.5, 0.6) is 0 Å². The van der Waals surface area contributed by atoms with Crippen molar-refractivity contribution >= 4 is 29.2 Å². The van der Waals surface area contributed by atoms with Crippen LogP contribution in [0.3, 0.4) is 0 Å². The molecular formula is C13H14Cl2N4O2. The van der Waals surface area contributed by atoms with Crippen LogP contribution in [0.25, 0.3) is 5.69 Å². The Morgan fingerprint density at radius 1 is 1.38 bits per heavy atom. The van der Waals surface area contributed by atoms with E-state index in [1.54, 1.807) is 29.1 Å². The van der Waals surface area contributed by atoms with E-state index in [0.717, 1.165) is 5.69 Å². The number of hydrogen-bond donors (Lipinski definition) is 2. The van der Waals surface area contributed by atoms with Gasteiger partial charge in [0.15, 0.2) is 0 Å². The summed E-state index contributed by atoms with van der Waals surface area (Å²) >= 11 is 12.0.